The SMILES string of the molecule is CC(=O)[C@@H]1CCCN1C(=O)[C@@H](NC(=O)OC1CC2CC2C1)C(C)(C)C. The van der Waals surface area contributed by atoms with Gasteiger partial charge in [0.05, 0.1) is 6.04 Å². The van der Waals surface area contributed by atoms with Gasteiger partial charge in [0.2, 0.25) is 5.91 Å². The molecular weight excluding hydrogens is 320 g/mol. The minimum atomic E-state index is -0.698. The van der Waals surface area contributed by atoms with E-state index in [0.717, 1.165) is 31.1 Å². The molecule has 0 aromatic carbocycles. The highest BCUT2D eigenvalue weighted by atomic mass is 16.6. The molecule has 0 radical (unpaired) electrons. The highest BCUT2D eigenvalue weighted by Crippen LogP contribution is 2.52. The molecule has 1 heterocycles. The van der Waals surface area contributed by atoms with Crippen LogP contribution in [0.5, 0.6) is 0 Å². The average molecular weight is 350 g/mol. The number of ether oxygens (including phenoxy) is 1. The van der Waals surface area contributed by atoms with Crippen molar-refractivity contribution < 1.29 is 19.1 Å². The normalized spacial score (nSPS) is 32.1. The lowest BCUT2D eigenvalue weighted by Crippen LogP contribution is -2.56. The molecule has 2 amide bonds. The Kier molecular flexibility index (Phi) is 4.82. The van der Waals surface area contributed by atoms with Gasteiger partial charge in [0.1, 0.15) is 12.1 Å². The molecule has 1 saturated heterocycles. The topological polar surface area (TPSA) is 75.7 Å². The van der Waals surface area contributed by atoms with Crippen LogP contribution in [0.3, 0.4) is 0 Å². The van der Waals surface area contributed by atoms with Crippen molar-refractivity contribution in [3.05, 3.63) is 0 Å². The molecule has 0 bridgehead atoms. The molecule has 25 heavy (non-hydrogen) atoms. The van der Waals surface area contributed by atoms with Gasteiger partial charge in [0, 0.05) is 6.54 Å². The number of hydrogen-bond acceptors (Lipinski definition) is 4. The Morgan fingerprint density at radius 3 is 2.32 bits per heavy atom. The predicted molar refractivity (Wildman–Crippen MR) is 92.9 cm³/mol. The van der Waals surface area contributed by atoms with E-state index in [-0.39, 0.29) is 23.8 Å². The second kappa shape index (κ2) is 6.61. The summed E-state index contributed by atoms with van der Waals surface area (Å²) >= 11 is 0. The van der Waals surface area contributed by atoms with Gasteiger partial charge in [-0.2, -0.15) is 0 Å². The molecule has 6 heteroatoms. The summed E-state index contributed by atoms with van der Waals surface area (Å²) in [4.78, 5) is 38.8. The summed E-state index contributed by atoms with van der Waals surface area (Å²) in [6.07, 6.45) is 4.16. The van der Waals surface area contributed by atoms with Gasteiger partial charge in [-0.25, -0.2) is 4.79 Å². The summed E-state index contributed by atoms with van der Waals surface area (Å²) in [6.45, 7) is 7.84. The van der Waals surface area contributed by atoms with Crippen LogP contribution in [-0.4, -0.2) is 47.4 Å². The van der Waals surface area contributed by atoms with E-state index in [1.165, 1.54) is 13.3 Å². The summed E-state index contributed by atoms with van der Waals surface area (Å²) in [6, 6.07) is -1.06. The maximum atomic E-state index is 13.0. The van der Waals surface area contributed by atoms with Crippen LogP contribution in [0.4, 0.5) is 4.79 Å². The van der Waals surface area contributed by atoms with E-state index in [1.807, 2.05) is 20.8 Å². The second-order valence-corrected chi connectivity index (χ2v) is 9.00. The Labute approximate surface area is 149 Å². The van der Waals surface area contributed by atoms with Gasteiger partial charge in [-0.1, -0.05) is 20.8 Å². The maximum Gasteiger partial charge on any atom is 0.408 e. The molecule has 1 N–H and O–H groups in total. The Balaban J connectivity index is 1.63. The largest absolute Gasteiger partial charge is 0.446 e. The number of rotatable bonds is 4. The van der Waals surface area contributed by atoms with Crippen LogP contribution >= 0.6 is 0 Å². The maximum absolute atomic E-state index is 13.0. The van der Waals surface area contributed by atoms with Crippen molar-refractivity contribution in [3.8, 4) is 0 Å². The minimum Gasteiger partial charge on any atom is -0.446 e. The molecule has 0 spiro atoms. The quantitative estimate of drug-likeness (QED) is 0.845. The van der Waals surface area contributed by atoms with Crippen molar-refractivity contribution in [2.45, 2.75) is 78.0 Å². The van der Waals surface area contributed by atoms with E-state index < -0.39 is 17.6 Å². The van der Waals surface area contributed by atoms with Crippen LogP contribution in [0.2, 0.25) is 0 Å². The van der Waals surface area contributed by atoms with E-state index >= 15 is 0 Å². The fraction of sp³-hybridized carbons (Fsp3) is 0.842. The molecule has 3 fully saturated rings. The van der Waals surface area contributed by atoms with Gasteiger partial charge in [-0.3, -0.25) is 9.59 Å². The van der Waals surface area contributed by atoms with Crippen LogP contribution in [0.1, 0.15) is 59.8 Å². The summed E-state index contributed by atoms with van der Waals surface area (Å²) in [5.41, 5.74) is -0.460. The average Bonchev–Trinajstić information content (AvgIpc) is 2.94. The van der Waals surface area contributed by atoms with Gasteiger partial charge >= 0.3 is 6.09 Å². The van der Waals surface area contributed by atoms with Crippen LogP contribution in [-0.2, 0) is 14.3 Å². The van der Waals surface area contributed by atoms with Crippen molar-refractivity contribution in [2.75, 3.05) is 6.54 Å². The molecule has 0 aromatic rings. The third-order valence-corrected chi connectivity index (χ3v) is 5.85. The van der Waals surface area contributed by atoms with Crippen molar-refractivity contribution in [1.82, 2.24) is 10.2 Å². The predicted octanol–water partition coefficient (Wildman–Crippen LogP) is 2.51. The van der Waals surface area contributed by atoms with E-state index in [9.17, 15) is 14.4 Å². The Morgan fingerprint density at radius 1 is 1.12 bits per heavy atom. The first kappa shape index (κ1) is 18.2. The van der Waals surface area contributed by atoms with Crippen LogP contribution in [0, 0.1) is 17.3 Å². The van der Waals surface area contributed by atoms with Gasteiger partial charge in [-0.05, 0) is 56.3 Å². The Morgan fingerprint density at radius 2 is 1.76 bits per heavy atom. The molecule has 4 atom stereocenters. The molecule has 3 aliphatic rings. The van der Waals surface area contributed by atoms with Crippen LogP contribution in [0.25, 0.3) is 0 Å². The van der Waals surface area contributed by atoms with Crippen LogP contribution in [0.15, 0.2) is 0 Å². The lowest BCUT2D eigenvalue weighted by atomic mass is 9.85. The number of carbonyl (C=O) groups excluding carboxylic acids is 3. The first-order valence-corrected chi connectivity index (χ1v) is 9.45. The van der Waals surface area contributed by atoms with Gasteiger partial charge in [0.15, 0.2) is 5.78 Å². The molecule has 2 saturated carbocycles. The number of fused-ring (bicyclic) bond motifs is 1. The molecular formula is C19H30N2O4. The van der Waals surface area contributed by atoms with E-state index in [2.05, 4.69) is 5.32 Å². The molecule has 2 unspecified atom stereocenters. The summed E-state index contributed by atoms with van der Waals surface area (Å²) in [5.74, 6) is 1.29. The molecule has 6 nitrogen and oxygen atoms in total. The highest BCUT2D eigenvalue weighted by molar-refractivity contribution is 5.92. The van der Waals surface area contributed by atoms with Crippen molar-refractivity contribution >= 4 is 17.8 Å². The lowest BCUT2D eigenvalue weighted by molar-refractivity contribution is -0.140. The Hall–Kier alpha value is -1.59. The number of alkyl carbamates (subject to hydrolysis) is 1. The summed E-state index contributed by atoms with van der Waals surface area (Å²) in [5, 5.41) is 2.79. The second-order valence-electron chi connectivity index (χ2n) is 9.00. The van der Waals surface area contributed by atoms with Crippen LogP contribution < -0.4 is 5.32 Å². The third kappa shape index (κ3) is 3.98. The molecule has 2 aliphatic carbocycles. The van der Waals surface area contributed by atoms with E-state index in [1.54, 1.807) is 4.90 Å². The molecule has 140 valence electrons. The number of nitrogens with one attached hydrogen (secondary N) is 1. The molecule has 0 aromatic heterocycles. The summed E-state index contributed by atoms with van der Waals surface area (Å²) in [7, 11) is 0. The number of likely N-dealkylation sites (tertiary alicyclic amines) is 1. The van der Waals surface area contributed by atoms with Crippen molar-refractivity contribution in [3.63, 3.8) is 0 Å². The fourth-order valence-electron chi connectivity index (χ4n) is 4.33. The zero-order valence-corrected chi connectivity index (χ0v) is 15.7. The first-order chi connectivity index (χ1) is 11.7. The third-order valence-electron chi connectivity index (χ3n) is 5.85. The summed E-state index contributed by atoms with van der Waals surface area (Å²) < 4.78 is 5.54. The Bertz CT molecular complexity index is 558. The lowest BCUT2D eigenvalue weighted by Gasteiger charge is -2.35. The molecule has 1 aliphatic heterocycles. The highest BCUT2D eigenvalue weighted by Gasteiger charge is 2.48. The number of Topliss-reactive ketones (excluding diaryl/α,β-unsaturated/α-hetero) is 1. The van der Waals surface area contributed by atoms with Gasteiger partial charge in [-0.15, -0.1) is 0 Å². The van der Waals surface area contributed by atoms with Gasteiger partial charge in [0.25, 0.3) is 0 Å². The fourth-order valence-corrected chi connectivity index (χ4v) is 4.33. The number of nitrogens with zero attached hydrogens (tertiary/aromatic N) is 1. The zero-order chi connectivity index (χ0) is 18.4. The van der Waals surface area contributed by atoms with E-state index in [0.29, 0.717) is 13.0 Å². The van der Waals surface area contributed by atoms with Gasteiger partial charge < -0.3 is 15.0 Å². The van der Waals surface area contributed by atoms with E-state index in [4.69, 9.17) is 4.74 Å². The smallest absolute Gasteiger partial charge is 0.408 e. The van der Waals surface area contributed by atoms with Crippen molar-refractivity contribution in [2.24, 2.45) is 17.3 Å². The zero-order valence-electron chi connectivity index (χ0n) is 15.7. The number of amides is 2. The number of carbonyl (C=O) groups is 3. The van der Waals surface area contributed by atoms with Crippen molar-refractivity contribution in [1.29, 1.82) is 0 Å². The minimum absolute atomic E-state index is 0.00580. The monoisotopic (exact) mass is 350 g/mol. The molecule has 3 rings (SSSR count). The standard InChI is InChI=1S/C19H30N2O4/c1-11(22)15-6-5-7-21(15)17(23)16(19(2,3)4)20-18(24)25-14-9-12-8-13(12)10-14/h12-16H,5-10H2,1-4H3,(H,20,24)/t12?,13?,14?,15-,16+/m0/s1. The number of hydrogen-bond donors (Lipinski definition) is 1. The number of ketones is 1. The first-order valence-electron chi connectivity index (χ1n) is 9.45.